The number of aryl methyl sites for hydroxylation is 1. The summed E-state index contributed by atoms with van der Waals surface area (Å²) in [4.78, 5) is 0. The number of hydrogen-bond donors (Lipinski definition) is 1. The van der Waals surface area contributed by atoms with Gasteiger partial charge < -0.3 is 9.84 Å². The molecular formula is C17H15ClN2O2. The van der Waals surface area contributed by atoms with Crippen LogP contribution < -0.4 is 4.74 Å². The van der Waals surface area contributed by atoms with Crippen LogP contribution in [0, 0.1) is 0 Å². The number of phenolic OH excluding ortho intramolecular Hbond substituents is 1. The number of ether oxygens (including phenoxy) is 1. The molecule has 0 saturated heterocycles. The van der Waals surface area contributed by atoms with Crippen LogP contribution in [0.15, 0.2) is 48.7 Å². The van der Waals surface area contributed by atoms with Crippen LogP contribution in [0.25, 0.3) is 22.4 Å². The van der Waals surface area contributed by atoms with E-state index in [1.54, 1.807) is 30.0 Å². The fourth-order valence-electron chi connectivity index (χ4n) is 2.37. The van der Waals surface area contributed by atoms with E-state index in [0.29, 0.717) is 16.3 Å². The number of aromatic hydroxyl groups is 1. The second kappa shape index (κ2) is 5.73. The van der Waals surface area contributed by atoms with E-state index in [1.165, 1.54) is 0 Å². The average molecular weight is 315 g/mol. The van der Waals surface area contributed by atoms with Crippen LogP contribution in [0.4, 0.5) is 0 Å². The first kappa shape index (κ1) is 14.5. The maximum atomic E-state index is 10.1. The molecule has 4 nitrogen and oxygen atoms in total. The Morgan fingerprint density at radius 1 is 1.09 bits per heavy atom. The highest BCUT2D eigenvalue weighted by Gasteiger charge is 2.15. The van der Waals surface area contributed by atoms with Gasteiger partial charge in [-0.05, 0) is 35.9 Å². The minimum atomic E-state index is 0.151. The molecule has 0 amide bonds. The van der Waals surface area contributed by atoms with Gasteiger partial charge >= 0.3 is 0 Å². The molecule has 0 aliphatic carbocycles. The van der Waals surface area contributed by atoms with Gasteiger partial charge in [-0.25, -0.2) is 0 Å². The van der Waals surface area contributed by atoms with E-state index in [1.807, 2.05) is 37.5 Å². The van der Waals surface area contributed by atoms with Crippen LogP contribution in [0.3, 0.4) is 0 Å². The molecule has 0 bridgehead atoms. The summed E-state index contributed by atoms with van der Waals surface area (Å²) in [6, 6.07) is 12.6. The van der Waals surface area contributed by atoms with Crippen molar-refractivity contribution in [3.8, 4) is 33.9 Å². The molecule has 1 aromatic heterocycles. The molecule has 0 spiro atoms. The summed E-state index contributed by atoms with van der Waals surface area (Å²) in [5.41, 5.74) is 3.21. The summed E-state index contributed by atoms with van der Waals surface area (Å²) in [5, 5.41) is 15.1. The lowest BCUT2D eigenvalue weighted by molar-refractivity contribution is 0.415. The first-order valence-electron chi connectivity index (χ1n) is 6.75. The van der Waals surface area contributed by atoms with Crippen molar-refractivity contribution >= 4 is 11.6 Å². The number of methoxy groups -OCH3 is 1. The first-order valence-corrected chi connectivity index (χ1v) is 7.13. The first-order chi connectivity index (χ1) is 10.6. The molecule has 0 radical (unpaired) electrons. The Balaban J connectivity index is 2.15. The minimum Gasteiger partial charge on any atom is -0.507 e. The van der Waals surface area contributed by atoms with E-state index < -0.39 is 0 Å². The maximum absolute atomic E-state index is 10.1. The Kier molecular flexibility index (Phi) is 3.77. The zero-order chi connectivity index (χ0) is 15.7. The van der Waals surface area contributed by atoms with Crippen LogP contribution in [-0.2, 0) is 7.05 Å². The lowest BCUT2D eigenvalue weighted by Gasteiger charge is -2.06. The number of nitrogens with zero attached hydrogens (tertiary/aromatic N) is 2. The normalized spacial score (nSPS) is 10.7. The van der Waals surface area contributed by atoms with Crippen molar-refractivity contribution in [2.75, 3.05) is 7.11 Å². The summed E-state index contributed by atoms with van der Waals surface area (Å²) >= 11 is 6.05. The highest BCUT2D eigenvalue weighted by molar-refractivity contribution is 6.31. The molecule has 0 aliphatic heterocycles. The number of hydrogen-bond acceptors (Lipinski definition) is 3. The molecule has 2 aromatic carbocycles. The molecule has 0 unspecified atom stereocenters. The molecule has 3 aromatic rings. The molecule has 22 heavy (non-hydrogen) atoms. The summed E-state index contributed by atoms with van der Waals surface area (Å²) in [6.07, 6.45) is 1.91. The van der Waals surface area contributed by atoms with Crippen LogP contribution in [0.5, 0.6) is 11.5 Å². The Morgan fingerprint density at radius 3 is 2.50 bits per heavy atom. The van der Waals surface area contributed by atoms with Crippen molar-refractivity contribution in [3.05, 3.63) is 53.7 Å². The SMILES string of the molecule is COc1ccc(-c2cn(C)nc2-c2cc(Cl)ccc2O)cc1. The van der Waals surface area contributed by atoms with Crippen molar-refractivity contribution in [1.29, 1.82) is 0 Å². The topological polar surface area (TPSA) is 47.3 Å². The quantitative estimate of drug-likeness (QED) is 0.791. The van der Waals surface area contributed by atoms with Crippen molar-refractivity contribution in [2.45, 2.75) is 0 Å². The second-order valence-corrected chi connectivity index (χ2v) is 5.39. The van der Waals surface area contributed by atoms with E-state index in [0.717, 1.165) is 16.9 Å². The number of phenols is 1. The standard InChI is InChI=1S/C17H15ClN2O2/c1-20-10-15(11-3-6-13(22-2)7-4-11)17(19-20)14-9-12(18)5-8-16(14)21/h3-10,21H,1-2H3. The number of benzene rings is 2. The molecule has 0 fully saturated rings. The van der Waals surface area contributed by atoms with Crippen molar-refractivity contribution < 1.29 is 9.84 Å². The number of rotatable bonds is 3. The van der Waals surface area contributed by atoms with Crippen LogP contribution in [0.1, 0.15) is 0 Å². The zero-order valence-corrected chi connectivity index (χ0v) is 13.0. The third-order valence-corrected chi connectivity index (χ3v) is 3.68. The van der Waals surface area contributed by atoms with Crippen LogP contribution >= 0.6 is 11.6 Å². The Hall–Kier alpha value is -2.46. The molecular weight excluding hydrogens is 300 g/mol. The predicted octanol–water partition coefficient (Wildman–Crippen LogP) is 4.12. The Bertz CT molecular complexity index is 810. The van der Waals surface area contributed by atoms with Gasteiger partial charge in [0.2, 0.25) is 0 Å². The monoisotopic (exact) mass is 314 g/mol. The summed E-state index contributed by atoms with van der Waals surface area (Å²) in [7, 11) is 3.48. The molecule has 0 aliphatic rings. The van der Waals surface area contributed by atoms with Crippen LogP contribution in [-0.4, -0.2) is 22.0 Å². The van der Waals surface area contributed by atoms with Gasteiger partial charge in [0, 0.05) is 29.4 Å². The molecule has 112 valence electrons. The molecule has 5 heteroatoms. The van der Waals surface area contributed by atoms with Gasteiger partial charge in [-0.15, -0.1) is 0 Å². The van der Waals surface area contributed by atoms with Gasteiger partial charge in [0.25, 0.3) is 0 Å². The van der Waals surface area contributed by atoms with Crippen molar-refractivity contribution in [1.82, 2.24) is 9.78 Å². The van der Waals surface area contributed by atoms with Crippen LogP contribution in [0.2, 0.25) is 5.02 Å². The van der Waals surface area contributed by atoms with E-state index >= 15 is 0 Å². The molecule has 0 saturated carbocycles. The largest absolute Gasteiger partial charge is 0.507 e. The number of aromatic nitrogens is 2. The lowest BCUT2D eigenvalue weighted by Crippen LogP contribution is -1.88. The van der Waals surface area contributed by atoms with E-state index in [9.17, 15) is 5.11 Å². The van der Waals surface area contributed by atoms with Gasteiger partial charge in [0.15, 0.2) is 0 Å². The molecule has 0 atom stereocenters. The average Bonchev–Trinajstić information content (AvgIpc) is 2.91. The zero-order valence-electron chi connectivity index (χ0n) is 12.2. The fraction of sp³-hybridized carbons (Fsp3) is 0.118. The molecule has 3 rings (SSSR count). The Morgan fingerprint density at radius 2 is 1.82 bits per heavy atom. The van der Waals surface area contributed by atoms with Gasteiger partial charge in [-0.2, -0.15) is 5.10 Å². The number of halogens is 1. The van der Waals surface area contributed by atoms with E-state index in [4.69, 9.17) is 16.3 Å². The van der Waals surface area contributed by atoms with Crippen molar-refractivity contribution in [3.63, 3.8) is 0 Å². The molecule has 1 heterocycles. The Labute approximate surface area is 133 Å². The van der Waals surface area contributed by atoms with E-state index in [-0.39, 0.29) is 5.75 Å². The highest BCUT2D eigenvalue weighted by atomic mass is 35.5. The van der Waals surface area contributed by atoms with Gasteiger partial charge in [-0.3, -0.25) is 4.68 Å². The minimum absolute atomic E-state index is 0.151. The van der Waals surface area contributed by atoms with Gasteiger partial charge in [0.05, 0.1) is 7.11 Å². The maximum Gasteiger partial charge on any atom is 0.125 e. The van der Waals surface area contributed by atoms with Gasteiger partial charge in [0.1, 0.15) is 17.2 Å². The third-order valence-electron chi connectivity index (χ3n) is 3.44. The lowest BCUT2D eigenvalue weighted by atomic mass is 10.0. The van der Waals surface area contributed by atoms with E-state index in [2.05, 4.69) is 5.10 Å². The van der Waals surface area contributed by atoms with Gasteiger partial charge in [-0.1, -0.05) is 23.7 Å². The fourth-order valence-corrected chi connectivity index (χ4v) is 2.54. The summed E-state index contributed by atoms with van der Waals surface area (Å²) in [6.45, 7) is 0. The summed E-state index contributed by atoms with van der Waals surface area (Å²) < 4.78 is 6.90. The summed E-state index contributed by atoms with van der Waals surface area (Å²) in [5.74, 6) is 0.942. The highest BCUT2D eigenvalue weighted by Crippen LogP contribution is 2.37. The second-order valence-electron chi connectivity index (χ2n) is 4.96. The molecule has 1 N–H and O–H groups in total. The third kappa shape index (κ3) is 2.65. The predicted molar refractivity (Wildman–Crippen MR) is 87.3 cm³/mol. The smallest absolute Gasteiger partial charge is 0.125 e. The van der Waals surface area contributed by atoms with Crippen molar-refractivity contribution in [2.24, 2.45) is 7.05 Å².